The summed E-state index contributed by atoms with van der Waals surface area (Å²) in [6, 6.07) is 10.3. The summed E-state index contributed by atoms with van der Waals surface area (Å²) in [6.45, 7) is 2.81. The van der Waals surface area contributed by atoms with E-state index >= 15 is 0 Å². The summed E-state index contributed by atoms with van der Waals surface area (Å²) in [7, 11) is 0. The number of nitrogens with two attached hydrogens (primary N) is 1. The maximum absolute atomic E-state index is 14.0. The highest BCUT2D eigenvalue weighted by molar-refractivity contribution is 6.32. The van der Waals surface area contributed by atoms with Crippen LogP contribution in [-0.4, -0.2) is 91.5 Å². The van der Waals surface area contributed by atoms with Crippen LogP contribution in [0.25, 0.3) is 10.9 Å². The first kappa shape index (κ1) is 40.5. The summed E-state index contributed by atoms with van der Waals surface area (Å²) >= 11 is 0. The maximum atomic E-state index is 14.0. The molecule has 0 saturated heterocycles. The summed E-state index contributed by atoms with van der Waals surface area (Å²) < 4.78 is 2.05. The van der Waals surface area contributed by atoms with E-state index in [0.29, 0.717) is 31.4 Å². The van der Waals surface area contributed by atoms with Gasteiger partial charge in [0, 0.05) is 31.2 Å². The van der Waals surface area contributed by atoms with Crippen LogP contribution in [0, 0.1) is 6.92 Å². The van der Waals surface area contributed by atoms with Gasteiger partial charge in [-0.25, -0.2) is 4.79 Å². The fourth-order valence-corrected chi connectivity index (χ4v) is 6.59. The molecule has 5 amide bonds. The number of primary amides is 1. The average molecular weight is 749 g/mol. The summed E-state index contributed by atoms with van der Waals surface area (Å²) in [6.07, 6.45) is 3.61. The second-order valence-corrected chi connectivity index (χ2v) is 13.4. The molecule has 288 valence electrons. The fraction of sp³-hybridized carbons (Fsp3) is 0.405. The molecule has 0 unspecified atom stereocenters. The lowest BCUT2D eigenvalue weighted by molar-refractivity contribution is -0.151. The number of carbonyl (C=O) groups excluding carboxylic acids is 5. The lowest BCUT2D eigenvalue weighted by atomic mass is 9.80. The van der Waals surface area contributed by atoms with E-state index in [-0.39, 0.29) is 31.4 Å². The normalized spacial score (nSPS) is 14.7. The van der Waals surface area contributed by atoms with Crippen LogP contribution < -0.4 is 27.0 Å². The quantitative estimate of drug-likeness (QED) is 0.0541. The molecule has 17 nitrogen and oxygen atoms in total. The number of benzene rings is 2. The number of rotatable bonds is 17. The van der Waals surface area contributed by atoms with Gasteiger partial charge in [0.05, 0.1) is 6.42 Å². The number of hydrogen-bond acceptors (Lipinski definition) is 8. The summed E-state index contributed by atoms with van der Waals surface area (Å²) in [5.41, 5.74) is 6.24. The molecule has 0 radical (unpaired) electrons. The van der Waals surface area contributed by atoms with Crippen molar-refractivity contribution in [2.75, 3.05) is 6.54 Å². The Morgan fingerprint density at radius 1 is 0.833 bits per heavy atom. The summed E-state index contributed by atoms with van der Waals surface area (Å²) in [4.78, 5) is 99.5. The Labute approximate surface area is 309 Å². The first-order valence-corrected chi connectivity index (χ1v) is 17.4. The van der Waals surface area contributed by atoms with Gasteiger partial charge in [-0.05, 0) is 60.9 Å². The Bertz CT molecular complexity index is 1900. The number of fused-ring (bicyclic) bond motifs is 1. The van der Waals surface area contributed by atoms with Gasteiger partial charge in [-0.2, -0.15) is 0 Å². The lowest BCUT2D eigenvalue weighted by Gasteiger charge is -2.38. The van der Waals surface area contributed by atoms with Crippen LogP contribution in [0.3, 0.4) is 0 Å². The number of carboxylic acids is 3. The van der Waals surface area contributed by atoms with Crippen LogP contribution >= 0.6 is 0 Å². The summed E-state index contributed by atoms with van der Waals surface area (Å²) in [5, 5.41) is 39.0. The predicted molar refractivity (Wildman–Crippen MR) is 192 cm³/mol. The van der Waals surface area contributed by atoms with E-state index < -0.39 is 77.4 Å². The zero-order valence-corrected chi connectivity index (χ0v) is 29.6. The minimum atomic E-state index is -1.88. The third-order valence-electron chi connectivity index (χ3n) is 9.40. The van der Waals surface area contributed by atoms with Crippen molar-refractivity contribution in [2.45, 2.75) is 88.4 Å². The van der Waals surface area contributed by atoms with Gasteiger partial charge in [0.2, 0.25) is 23.6 Å². The van der Waals surface area contributed by atoms with Crippen molar-refractivity contribution in [1.29, 1.82) is 0 Å². The Kier molecular flexibility index (Phi) is 13.5. The smallest absolute Gasteiger partial charge is 0.394 e. The molecule has 1 aromatic heterocycles. The molecule has 4 rings (SSSR count). The molecule has 3 aromatic rings. The molecule has 17 heteroatoms. The molecule has 2 aromatic carbocycles. The largest absolute Gasteiger partial charge is 0.480 e. The van der Waals surface area contributed by atoms with Crippen LogP contribution in [0.2, 0.25) is 0 Å². The number of nitrogens with zero attached hydrogens (tertiary/aromatic N) is 1. The molecule has 54 heavy (non-hydrogen) atoms. The predicted octanol–water partition coefficient (Wildman–Crippen LogP) is 0.700. The zero-order valence-electron chi connectivity index (χ0n) is 29.6. The second-order valence-electron chi connectivity index (χ2n) is 13.4. The first-order chi connectivity index (χ1) is 25.6. The Morgan fingerprint density at radius 2 is 1.50 bits per heavy atom. The van der Waals surface area contributed by atoms with Gasteiger partial charge in [-0.15, -0.1) is 0 Å². The van der Waals surface area contributed by atoms with Gasteiger partial charge in [-0.1, -0.05) is 55.2 Å². The van der Waals surface area contributed by atoms with Crippen molar-refractivity contribution in [3.05, 3.63) is 71.4 Å². The molecule has 1 fully saturated rings. The number of amides is 5. The minimum absolute atomic E-state index is 0.0636. The SMILES string of the molecule is Cc1ccc2c(ccn2CCCNC(=O)[C@H](CC(N)=O)NC(=O)C2(NC(=O)[C@H](Cc3ccc(C(C(=O)O)C(=O)O)cc3)NC(=O)C(=O)O)CCCCC2)c1. The van der Waals surface area contributed by atoms with E-state index in [1.807, 2.05) is 31.3 Å². The van der Waals surface area contributed by atoms with Gasteiger partial charge >= 0.3 is 23.8 Å². The minimum Gasteiger partial charge on any atom is -0.480 e. The first-order valence-electron chi connectivity index (χ1n) is 17.4. The topological polar surface area (TPSA) is 276 Å². The lowest BCUT2D eigenvalue weighted by Crippen LogP contribution is -2.65. The fourth-order valence-electron chi connectivity index (χ4n) is 6.59. The molecule has 1 aliphatic rings. The van der Waals surface area contributed by atoms with Crippen molar-refractivity contribution in [1.82, 2.24) is 25.8 Å². The number of nitrogens with one attached hydrogen (secondary N) is 4. The average Bonchev–Trinajstić information content (AvgIpc) is 3.51. The van der Waals surface area contributed by atoms with Gasteiger partial charge in [-0.3, -0.25) is 33.6 Å². The molecule has 9 N–H and O–H groups in total. The van der Waals surface area contributed by atoms with Crippen LogP contribution in [0.15, 0.2) is 54.7 Å². The molecule has 0 spiro atoms. The van der Waals surface area contributed by atoms with Crippen molar-refractivity contribution < 1.29 is 53.7 Å². The van der Waals surface area contributed by atoms with E-state index in [0.717, 1.165) is 22.9 Å². The monoisotopic (exact) mass is 748 g/mol. The maximum Gasteiger partial charge on any atom is 0.394 e. The number of aliphatic carboxylic acids is 3. The van der Waals surface area contributed by atoms with Gasteiger partial charge in [0.1, 0.15) is 17.6 Å². The molecule has 0 aliphatic heterocycles. The molecular formula is C37H44N6O11. The van der Waals surface area contributed by atoms with Crippen LogP contribution in [0.5, 0.6) is 0 Å². The highest BCUT2D eigenvalue weighted by atomic mass is 16.4. The molecule has 1 heterocycles. The summed E-state index contributed by atoms with van der Waals surface area (Å²) in [5.74, 6) is -11.6. The third kappa shape index (κ3) is 10.4. The van der Waals surface area contributed by atoms with E-state index in [1.165, 1.54) is 24.3 Å². The Morgan fingerprint density at radius 3 is 2.11 bits per heavy atom. The highest BCUT2D eigenvalue weighted by Gasteiger charge is 2.44. The number of carboxylic acid groups (broad SMARTS) is 3. The molecule has 0 bridgehead atoms. The van der Waals surface area contributed by atoms with Gasteiger partial charge in [0.25, 0.3) is 0 Å². The second kappa shape index (κ2) is 18.0. The van der Waals surface area contributed by atoms with Crippen molar-refractivity contribution in [2.24, 2.45) is 5.73 Å². The van der Waals surface area contributed by atoms with Crippen molar-refractivity contribution in [3.63, 3.8) is 0 Å². The van der Waals surface area contributed by atoms with Crippen molar-refractivity contribution >= 4 is 58.3 Å². The van der Waals surface area contributed by atoms with E-state index in [1.54, 1.807) is 0 Å². The molecule has 1 saturated carbocycles. The number of aryl methyl sites for hydroxylation is 2. The zero-order chi connectivity index (χ0) is 39.6. The third-order valence-corrected chi connectivity index (χ3v) is 9.40. The van der Waals surface area contributed by atoms with Gasteiger partial charge < -0.3 is 46.9 Å². The number of hydrogen-bond donors (Lipinski definition) is 8. The van der Waals surface area contributed by atoms with E-state index in [2.05, 4.69) is 31.9 Å². The number of aromatic nitrogens is 1. The molecular weight excluding hydrogens is 704 g/mol. The molecule has 2 atom stereocenters. The Hall–Kier alpha value is -6.26. The van der Waals surface area contributed by atoms with E-state index in [9.17, 15) is 53.7 Å². The molecule has 1 aliphatic carbocycles. The number of carbonyl (C=O) groups is 8. The van der Waals surface area contributed by atoms with Crippen molar-refractivity contribution in [3.8, 4) is 0 Å². The van der Waals surface area contributed by atoms with Crippen LogP contribution in [0.4, 0.5) is 0 Å². The standard InChI is InChI=1S/C37H44N6O11/c1-21-6-11-27-24(18-21)12-17-43(27)16-5-15-39-30(45)26(20-28(38)44)41-36(54)37(13-3-2-4-14-37)42-31(46)25(40-32(47)35(52)53)19-22-7-9-23(10-8-22)29(33(48)49)34(50)51/h6-12,17-18,25-26,29H,2-5,13-16,19-20H2,1H3,(H2,38,44)(H,39,45)(H,40,47)(H,41,54)(H,42,46)(H,48,49)(H,50,51)(H,52,53)/t25-,26-/m0/s1. The van der Waals surface area contributed by atoms with Crippen LogP contribution in [0.1, 0.15) is 67.6 Å². The Balaban J connectivity index is 1.47. The van der Waals surface area contributed by atoms with Gasteiger partial charge in [0.15, 0.2) is 5.92 Å². The van der Waals surface area contributed by atoms with E-state index in [4.69, 9.17) is 5.73 Å². The highest BCUT2D eigenvalue weighted by Crippen LogP contribution is 2.29. The van der Waals surface area contributed by atoms with Crippen LogP contribution in [-0.2, 0) is 51.3 Å².